The van der Waals surface area contributed by atoms with E-state index >= 15 is 0 Å². The normalized spacial score (nSPS) is 9.95. The van der Waals surface area contributed by atoms with Crippen molar-refractivity contribution < 1.29 is 9.59 Å². The zero-order chi connectivity index (χ0) is 13.8. The Bertz CT molecular complexity index is 669. The van der Waals surface area contributed by atoms with Crippen LogP contribution < -0.4 is 10.9 Å². The number of rotatable bonds is 3. The van der Waals surface area contributed by atoms with Crippen molar-refractivity contribution in [2.75, 3.05) is 5.32 Å². The van der Waals surface area contributed by atoms with Gasteiger partial charge in [0.25, 0.3) is 5.91 Å². The van der Waals surface area contributed by atoms with Crippen LogP contribution in [-0.4, -0.2) is 16.7 Å². The monoisotopic (exact) mass is 256 g/mol. The third kappa shape index (κ3) is 3.16. The van der Waals surface area contributed by atoms with Crippen molar-refractivity contribution in [2.24, 2.45) is 0 Å². The second-order valence-corrected chi connectivity index (χ2v) is 4.03. The molecule has 0 bridgehead atoms. The maximum Gasteiger partial charge on any atom is 0.257 e. The average Bonchev–Trinajstić information content (AvgIpc) is 2.39. The number of anilines is 1. The number of carbonyl (C=O) groups is 2. The van der Waals surface area contributed by atoms with Crippen LogP contribution >= 0.6 is 0 Å². The van der Waals surface area contributed by atoms with E-state index in [1.165, 1.54) is 25.3 Å². The van der Waals surface area contributed by atoms with Gasteiger partial charge in [0.1, 0.15) is 0 Å². The van der Waals surface area contributed by atoms with Crippen LogP contribution in [0.4, 0.5) is 5.69 Å². The smallest absolute Gasteiger partial charge is 0.257 e. The first kappa shape index (κ1) is 12.8. The summed E-state index contributed by atoms with van der Waals surface area (Å²) in [5.41, 5.74) is 1.13. The van der Waals surface area contributed by atoms with Crippen LogP contribution in [0.1, 0.15) is 27.6 Å². The third-order valence-corrected chi connectivity index (χ3v) is 2.57. The molecule has 0 unspecified atom stereocenters. The maximum absolute atomic E-state index is 11.9. The zero-order valence-electron chi connectivity index (χ0n) is 10.3. The minimum Gasteiger partial charge on any atom is -0.328 e. The van der Waals surface area contributed by atoms with E-state index in [1.54, 1.807) is 24.3 Å². The minimum atomic E-state index is -0.350. The van der Waals surface area contributed by atoms with E-state index < -0.39 is 0 Å². The highest BCUT2D eigenvalue weighted by molar-refractivity contribution is 6.04. The quantitative estimate of drug-likeness (QED) is 0.822. The Morgan fingerprint density at radius 1 is 1.11 bits per heavy atom. The van der Waals surface area contributed by atoms with Gasteiger partial charge in [-0.25, -0.2) is 0 Å². The van der Waals surface area contributed by atoms with E-state index in [2.05, 4.69) is 10.3 Å². The number of benzene rings is 1. The van der Waals surface area contributed by atoms with E-state index in [1.807, 2.05) is 0 Å². The van der Waals surface area contributed by atoms with Crippen LogP contribution in [0.15, 0.2) is 47.4 Å². The number of nitrogens with one attached hydrogen (secondary N) is 2. The number of hydrogen-bond donors (Lipinski definition) is 2. The number of carbonyl (C=O) groups excluding carboxylic acids is 2. The molecular weight excluding hydrogens is 244 g/mol. The second-order valence-electron chi connectivity index (χ2n) is 4.03. The first-order valence-corrected chi connectivity index (χ1v) is 5.67. The van der Waals surface area contributed by atoms with Crippen molar-refractivity contribution >= 4 is 17.4 Å². The molecule has 0 aliphatic carbocycles. The Labute approximate surface area is 109 Å². The molecule has 0 fully saturated rings. The number of amides is 1. The van der Waals surface area contributed by atoms with Gasteiger partial charge < -0.3 is 10.3 Å². The van der Waals surface area contributed by atoms with Crippen LogP contribution in [0, 0.1) is 0 Å². The highest BCUT2D eigenvalue weighted by Gasteiger charge is 2.07. The van der Waals surface area contributed by atoms with Gasteiger partial charge in [-0.15, -0.1) is 0 Å². The lowest BCUT2D eigenvalue weighted by Crippen LogP contribution is -2.14. The fourth-order valence-electron chi connectivity index (χ4n) is 1.57. The average molecular weight is 256 g/mol. The van der Waals surface area contributed by atoms with Crippen molar-refractivity contribution in [3.05, 3.63) is 64.1 Å². The van der Waals surface area contributed by atoms with Crippen LogP contribution in [0.25, 0.3) is 0 Å². The van der Waals surface area contributed by atoms with Gasteiger partial charge in [-0.05, 0) is 25.1 Å². The Balaban J connectivity index is 2.19. The zero-order valence-corrected chi connectivity index (χ0v) is 10.3. The molecule has 0 atom stereocenters. The van der Waals surface area contributed by atoms with E-state index in [4.69, 9.17) is 0 Å². The summed E-state index contributed by atoms with van der Waals surface area (Å²) in [6, 6.07) is 9.38. The number of aromatic nitrogens is 1. The fourth-order valence-corrected chi connectivity index (χ4v) is 1.57. The van der Waals surface area contributed by atoms with Crippen LogP contribution in [0.2, 0.25) is 0 Å². The summed E-state index contributed by atoms with van der Waals surface area (Å²) in [7, 11) is 0. The summed E-state index contributed by atoms with van der Waals surface area (Å²) >= 11 is 0. The predicted molar refractivity (Wildman–Crippen MR) is 71.5 cm³/mol. The maximum atomic E-state index is 11.9. The third-order valence-electron chi connectivity index (χ3n) is 2.57. The van der Waals surface area contributed by atoms with Crippen LogP contribution in [0.5, 0.6) is 0 Å². The van der Waals surface area contributed by atoms with Crippen molar-refractivity contribution in [3.63, 3.8) is 0 Å². The van der Waals surface area contributed by atoms with Gasteiger partial charge in [0, 0.05) is 23.5 Å². The van der Waals surface area contributed by atoms with E-state index in [9.17, 15) is 14.4 Å². The number of ketones is 1. The van der Waals surface area contributed by atoms with Crippen LogP contribution in [0.3, 0.4) is 0 Å². The molecule has 2 rings (SSSR count). The second kappa shape index (κ2) is 5.30. The summed E-state index contributed by atoms with van der Waals surface area (Å²) in [4.78, 5) is 36.4. The number of aromatic amines is 1. The molecule has 0 spiro atoms. The molecular formula is C14H12N2O3. The van der Waals surface area contributed by atoms with Crippen molar-refractivity contribution in [3.8, 4) is 0 Å². The number of Topliss-reactive ketones (excluding diaryl/α,β-unsaturated/α-hetero) is 1. The molecule has 1 amide bonds. The van der Waals surface area contributed by atoms with E-state index in [0.717, 1.165) is 0 Å². The highest BCUT2D eigenvalue weighted by Crippen LogP contribution is 2.12. The lowest BCUT2D eigenvalue weighted by Gasteiger charge is -2.06. The fraction of sp³-hybridized carbons (Fsp3) is 0.0714. The summed E-state index contributed by atoms with van der Waals surface area (Å²) in [5, 5.41) is 2.66. The number of pyridine rings is 1. The summed E-state index contributed by atoms with van der Waals surface area (Å²) in [6.45, 7) is 1.46. The molecule has 0 aliphatic rings. The molecule has 5 heteroatoms. The molecule has 0 saturated heterocycles. The minimum absolute atomic E-state index is 0.0693. The molecule has 1 aromatic carbocycles. The van der Waals surface area contributed by atoms with Gasteiger partial charge in [0.2, 0.25) is 5.56 Å². The molecule has 0 aliphatic heterocycles. The molecule has 0 saturated carbocycles. The van der Waals surface area contributed by atoms with Gasteiger partial charge >= 0.3 is 0 Å². The summed E-state index contributed by atoms with van der Waals surface area (Å²) < 4.78 is 0. The van der Waals surface area contributed by atoms with Crippen molar-refractivity contribution in [2.45, 2.75) is 6.92 Å². The van der Waals surface area contributed by atoms with E-state index in [-0.39, 0.29) is 17.2 Å². The lowest BCUT2D eigenvalue weighted by molar-refractivity contribution is 0.101. The molecule has 0 radical (unpaired) electrons. The van der Waals surface area contributed by atoms with Crippen molar-refractivity contribution in [1.82, 2.24) is 4.98 Å². The highest BCUT2D eigenvalue weighted by atomic mass is 16.2. The molecule has 96 valence electrons. The lowest BCUT2D eigenvalue weighted by atomic mass is 10.1. The van der Waals surface area contributed by atoms with Gasteiger partial charge in [0.05, 0.1) is 5.56 Å². The molecule has 2 N–H and O–H groups in total. The Morgan fingerprint density at radius 2 is 1.89 bits per heavy atom. The molecule has 1 heterocycles. The molecule has 5 nitrogen and oxygen atoms in total. The van der Waals surface area contributed by atoms with Gasteiger partial charge in [-0.2, -0.15) is 0 Å². The number of hydrogen-bond acceptors (Lipinski definition) is 3. The topological polar surface area (TPSA) is 79.0 Å². The standard InChI is InChI=1S/C14H12N2O3/c1-9(17)10-3-2-4-12(7-10)16-14(19)11-5-6-13(18)15-8-11/h2-8H,1H3,(H,15,18)(H,16,19). The Morgan fingerprint density at radius 3 is 2.53 bits per heavy atom. The van der Waals surface area contributed by atoms with Gasteiger partial charge in [0.15, 0.2) is 5.78 Å². The van der Waals surface area contributed by atoms with Crippen LogP contribution in [-0.2, 0) is 0 Å². The van der Waals surface area contributed by atoms with Gasteiger partial charge in [-0.1, -0.05) is 12.1 Å². The molecule has 19 heavy (non-hydrogen) atoms. The summed E-state index contributed by atoms with van der Waals surface area (Å²) in [6.07, 6.45) is 1.34. The molecule has 1 aromatic heterocycles. The summed E-state index contributed by atoms with van der Waals surface area (Å²) in [5.74, 6) is -0.419. The first-order chi connectivity index (χ1) is 9.06. The van der Waals surface area contributed by atoms with Crippen molar-refractivity contribution in [1.29, 1.82) is 0 Å². The first-order valence-electron chi connectivity index (χ1n) is 5.67. The van der Waals surface area contributed by atoms with Gasteiger partial charge in [-0.3, -0.25) is 14.4 Å². The SMILES string of the molecule is CC(=O)c1cccc(NC(=O)c2ccc(=O)[nH]c2)c1. The van der Waals surface area contributed by atoms with E-state index in [0.29, 0.717) is 16.8 Å². The Kier molecular flexibility index (Phi) is 3.56. The number of H-pyrrole nitrogens is 1. The Hall–Kier alpha value is -2.69. The largest absolute Gasteiger partial charge is 0.328 e. The predicted octanol–water partition coefficient (Wildman–Crippen LogP) is 1.83. The molecule has 2 aromatic rings.